The molecule has 0 bridgehead atoms. The predicted molar refractivity (Wildman–Crippen MR) is 119 cm³/mol. The molecule has 4 rings (SSSR count). The normalized spacial score (nSPS) is 19.5. The fraction of sp³-hybridized carbons (Fsp3) is 0.391. The van der Waals surface area contributed by atoms with Gasteiger partial charge in [-0.05, 0) is 63.1 Å². The number of carbonyl (C=O) groups is 1. The molecule has 2 atom stereocenters. The van der Waals surface area contributed by atoms with E-state index >= 15 is 0 Å². The average Bonchev–Trinajstić information content (AvgIpc) is 3.08. The molecule has 0 unspecified atom stereocenters. The van der Waals surface area contributed by atoms with Crippen molar-refractivity contribution in [3.05, 3.63) is 53.6 Å². The number of hydrogen-bond acceptors (Lipinski definition) is 5. The molecule has 1 aliphatic rings. The first-order valence-corrected chi connectivity index (χ1v) is 10.9. The van der Waals surface area contributed by atoms with Crippen LogP contribution in [-0.4, -0.2) is 47.6 Å². The van der Waals surface area contributed by atoms with Crippen LogP contribution >= 0.6 is 11.3 Å². The van der Waals surface area contributed by atoms with Crippen molar-refractivity contribution in [2.24, 2.45) is 0 Å². The first-order chi connectivity index (χ1) is 13.9. The van der Waals surface area contributed by atoms with Crippen LogP contribution in [0.25, 0.3) is 10.2 Å². The quantitative estimate of drug-likeness (QED) is 0.627. The lowest BCUT2D eigenvalue weighted by Gasteiger charge is -2.36. The van der Waals surface area contributed by atoms with Crippen molar-refractivity contribution >= 4 is 38.3 Å². The molecule has 1 amide bonds. The number of carbonyl (C=O) groups excluding carboxylic acids is 1. The van der Waals surface area contributed by atoms with Gasteiger partial charge in [0.15, 0.2) is 5.13 Å². The third-order valence-electron chi connectivity index (χ3n) is 5.10. The number of anilines is 2. The molecule has 1 fully saturated rings. The van der Waals surface area contributed by atoms with E-state index < -0.39 is 0 Å². The summed E-state index contributed by atoms with van der Waals surface area (Å²) in [5, 5.41) is 0.846. The molecular formula is C23H27N3O2S. The van der Waals surface area contributed by atoms with Crippen LogP contribution in [0.15, 0.2) is 42.5 Å². The predicted octanol–water partition coefficient (Wildman–Crippen LogP) is 4.69. The Morgan fingerprint density at radius 3 is 2.45 bits per heavy atom. The van der Waals surface area contributed by atoms with Gasteiger partial charge in [0.1, 0.15) is 6.54 Å². The highest BCUT2D eigenvalue weighted by atomic mass is 32.1. The minimum absolute atomic E-state index is 0.0554. The number of morpholine rings is 1. The van der Waals surface area contributed by atoms with Gasteiger partial charge in [0.05, 0.1) is 22.4 Å². The summed E-state index contributed by atoms with van der Waals surface area (Å²) in [4.78, 5) is 22.0. The van der Waals surface area contributed by atoms with E-state index in [-0.39, 0.29) is 24.7 Å². The number of aromatic nitrogens is 1. The molecule has 3 aromatic rings. The summed E-state index contributed by atoms with van der Waals surface area (Å²) in [5.74, 6) is 0.102. The Hall–Kier alpha value is -2.44. The molecule has 6 heteroatoms. The van der Waals surface area contributed by atoms with Gasteiger partial charge in [-0.3, -0.25) is 4.79 Å². The van der Waals surface area contributed by atoms with Gasteiger partial charge in [-0.25, -0.2) is 4.98 Å². The maximum Gasteiger partial charge on any atom is 0.242 e. The highest BCUT2D eigenvalue weighted by Crippen LogP contribution is 2.34. The van der Waals surface area contributed by atoms with Crippen LogP contribution < -0.4 is 4.90 Å². The molecule has 0 spiro atoms. The molecule has 1 saturated heterocycles. The maximum absolute atomic E-state index is 13.2. The van der Waals surface area contributed by atoms with E-state index in [0.717, 1.165) is 21.0 Å². The second-order valence-corrected chi connectivity index (χ2v) is 8.96. The number of thiazole rings is 1. The number of benzene rings is 2. The van der Waals surface area contributed by atoms with Crippen molar-refractivity contribution in [1.29, 1.82) is 0 Å². The van der Waals surface area contributed by atoms with E-state index in [4.69, 9.17) is 9.72 Å². The monoisotopic (exact) mass is 409 g/mol. The van der Waals surface area contributed by atoms with Crippen LogP contribution in [0.3, 0.4) is 0 Å². The van der Waals surface area contributed by atoms with E-state index in [9.17, 15) is 4.79 Å². The number of amides is 1. The molecule has 152 valence electrons. The van der Waals surface area contributed by atoms with Gasteiger partial charge >= 0.3 is 0 Å². The van der Waals surface area contributed by atoms with Crippen molar-refractivity contribution in [3.63, 3.8) is 0 Å². The smallest absolute Gasteiger partial charge is 0.242 e. The Kier molecular flexibility index (Phi) is 5.56. The Morgan fingerprint density at radius 2 is 1.79 bits per heavy atom. The standard InChI is InChI=1S/C23H27N3O2S/c1-15-9-16(2)11-19(10-15)26(23-24-20-7-5-6-8-21(20)29-23)14-22(27)25-12-17(3)28-18(4)13-25/h5-11,17-18H,12-14H2,1-4H3/t17-,18-/m1/s1. The minimum atomic E-state index is 0.0554. The number of nitrogens with zero attached hydrogens (tertiary/aromatic N) is 3. The van der Waals surface area contributed by atoms with Crippen molar-refractivity contribution < 1.29 is 9.53 Å². The average molecular weight is 410 g/mol. The highest BCUT2D eigenvalue weighted by Gasteiger charge is 2.28. The Labute approximate surface area is 175 Å². The Morgan fingerprint density at radius 1 is 1.14 bits per heavy atom. The number of fused-ring (bicyclic) bond motifs is 1. The Bertz CT molecular complexity index is 969. The molecule has 2 aromatic carbocycles. The summed E-state index contributed by atoms with van der Waals surface area (Å²) in [6.07, 6.45) is 0.111. The molecule has 5 nitrogen and oxygen atoms in total. The van der Waals surface area contributed by atoms with Gasteiger partial charge < -0.3 is 14.5 Å². The summed E-state index contributed by atoms with van der Waals surface area (Å²) >= 11 is 1.62. The molecule has 0 radical (unpaired) electrons. The molecule has 29 heavy (non-hydrogen) atoms. The molecule has 0 aliphatic carbocycles. The SMILES string of the molecule is Cc1cc(C)cc(N(CC(=O)N2C[C@@H](C)O[C@H](C)C2)c2nc3ccccc3s2)c1. The van der Waals surface area contributed by atoms with E-state index in [1.807, 2.05) is 36.9 Å². The third-order valence-corrected chi connectivity index (χ3v) is 6.16. The number of rotatable bonds is 4. The van der Waals surface area contributed by atoms with Gasteiger partial charge in [-0.1, -0.05) is 29.5 Å². The van der Waals surface area contributed by atoms with Crippen LogP contribution in [0.5, 0.6) is 0 Å². The van der Waals surface area contributed by atoms with Crippen LogP contribution in [-0.2, 0) is 9.53 Å². The number of aryl methyl sites for hydroxylation is 2. The van der Waals surface area contributed by atoms with E-state index in [1.165, 1.54) is 11.1 Å². The molecule has 0 saturated carbocycles. The topological polar surface area (TPSA) is 45.7 Å². The summed E-state index contributed by atoms with van der Waals surface area (Å²) in [7, 11) is 0. The molecular weight excluding hydrogens is 382 g/mol. The third kappa shape index (κ3) is 4.43. The van der Waals surface area contributed by atoms with Gasteiger partial charge in [0.2, 0.25) is 5.91 Å². The first kappa shape index (κ1) is 19.9. The van der Waals surface area contributed by atoms with Gasteiger partial charge in [0, 0.05) is 18.8 Å². The van der Waals surface area contributed by atoms with Gasteiger partial charge in [0.25, 0.3) is 0 Å². The van der Waals surface area contributed by atoms with Crippen molar-refractivity contribution in [3.8, 4) is 0 Å². The zero-order chi connectivity index (χ0) is 20.5. The Balaban J connectivity index is 1.69. The van der Waals surface area contributed by atoms with Gasteiger partial charge in [-0.2, -0.15) is 0 Å². The van der Waals surface area contributed by atoms with Crippen LogP contribution in [0.2, 0.25) is 0 Å². The fourth-order valence-electron chi connectivity index (χ4n) is 3.97. The maximum atomic E-state index is 13.2. The van der Waals surface area contributed by atoms with Gasteiger partial charge in [-0.15, -0.1) is 0 Å². The van der Waals surface area contributed by atoms with Crippen molar-refractivity contribution in [2.75, 3.05) is 24.5 Å². The summed E-state index contributed by atoms with van der Waals surface area (Å²) in [6.45, 7) is 9.73. The molecule has 1 aliphatic heterocycles. The van der Waals surface area contributed by atoms with Crippen molar-refractivity contribution in [2.45, 2.75) is 39.9 Å². The number of hydrogen-bond donors (Lipinski definition) is 0. The lowest BCUT2D eigenvalue weighted by molar-refractivity contribution is -0.141. The van der Waals surface area contributed by atoms with E-state index in [1.54, 1.807) is 11.3 Å². The number of ether oxygens (including phenoxy) is 1. The summed E-state index contributed by atoms with van der Waals surface area (Å²) < 4.78 is 6.92. The van der Waals surface area contributed by atoms with E-state index in [2.05, 4.69) is 43.0 Å². The van der Waals surface area contributed by atoms with Crippen LogP contribution in [0.1, 0.15) is 25.0 Å². The second kappa shape index (κ2) is 8.13. The fourth-order valence-corrected chi connectivity index (χ4v) is 4.95. The lowest BCUT2D eigenvalue weighted by atomic mass is 10.1. The molecule has 1 aromatic heterocycles. The largest absolute Gasteiger partial charge is 0.372 e. The lowest BCUT2D eigenvalue weighted by Crippen LogP contribution is -2.50. The zero-order valence-corrected chi connectivity index (χ0v) is 18.2. The number of para-hydroxylation sites is 1. The summed E-state index contributed by atoms with van der Waals surface area (Å²) in [5.41, 5.74) is 4.31. The van der Waals surface area contributed by atoms with E-state index in [0.29, 0.717) is 13.1 Å². The molecule has 0 N–H and O–H groups in total. The van der Waals surface area contributed by atoms with Crippen LogP contribution in [0, 0.1) is 13.8 Å². The highest BCUT2D eigenvalue weighted by molar-refractivity contribution is 7.22. The van der Waals surface area contributed by atoms with Crippen molar-refractivity contribution in [1.82, 2.24) is 9.88 Å². The first-order valence-electron chi connectivity index (χ1n) is 10.0. The summed E-state index contributed by atoms with van der Waals surface area (Å²) in [6, 6.07) is 14.5. The minimum Gasteiger partial charge on any atom is -0.372 e. The zero-order valence-electron chi connectivity index (χ0n) is 17.4. The molecule has 2 heterocycles. The second-order valence-electron chi connectivity index (χ2n) is 7.95. The van der Waals surface area contributed by atoms with Crippen LogP contribution in [0.4, 0.5) is 10.8 Å².